The Hall–Kier alpha value is -7.94. The first kappa shape index (κ1) is 44.3. The summed E-state index contributed by atoms with van der Waals surface area (Å²) in [7, 11) is 0. The van der Waals surface area contributed by atoms with E-state index in [1.807, 2.05) is 0 Å². The Balaban J connectivity index is 1.28. The molecule has 342 valence electrons. The van der Waals surface area contributed by atoms with Crippen LogP contribution in [-0.2, 0) is 0 Å². The minimum absolute atomic E-state index is 0.155. The highest BCUT2D eigenvalue weighted by atomic mass is 15.0. The molecule has 0 bridgehead atoms. The number of benzene rings is 10. The normalized spacial score (nSPS) is 12.0. The van der Waals surface area contributed by atoms with Crippen molar-refractivity contribution in [1.29, 1.82) is 0 Å². The quantitative estimate of drug-likeness (QED) is 0.140. The summed E-state index contributed by atoms with van der Waals surface area (Å²) < 4.78 is 2.62. The van der Waals surface area contributed by atoms with E-state index in [1.165, 1.54) is 161 Å². The summed E-state index contributed by atoms with van der Waals surface area (Å²) in [6.45, 7) is 20.2. The highest BCUT2D eigenvalue weighted by Gasteiger charge is 2.38. The number of fused-ring (bicyclic) bond motifs is 5. The molecule has 1 aliphatic rings. The summed E-state index contributed by atoms with van der Waals surface area (Å²) in [5, 5.41) is 2.55. The van der Waals surface area contributed by atoms with E-state index in [4.69, 9.17) is 0 Å². The van der Waals surface area contributed by atoms with Crippen LogP contribution in [0.3, 0.4) is 0 Å². The lowest BCUT2D eigenvalue weighted by atomic mass is 9.33. The second-order valence-corrected chi connectivity index (χ2v) is 20.6. The maximum absolute atomic E-state index is 2.62. The van der Waals surface area contributed by atoms with Crippen LogP contribution in [0.5, 0.6) is 0 Å². The lowest BCUT2D eigenvalue weighted by molar-refractivity contribution is 1.19. The number of aryl methyl sites for hydroxylation is 9. The highest BCUT2D eigenvalue weighted by Crippen LogP contribution is 2.42. The maximum atomic E-state index is 2.62. The fourth-order valence-corrected chi connectivity index (χ4v) is 13.0. The SMILES string of the molecule is Cc1cc(C)c(-c2ccc3c(c2)B(c2c(-c4ccccc4)cc(-c4ccccc4)cc2-c2ccccc2)c2cc(-c4c(C)cc(C)cc4C)cc4c5cc(-c6c(C)cc(C)cc6C)ccc5n-3c24)c(C)c1. The zero-order valence-electron chi connectivity index (χ0n) is 42.4. The minimum Gasteiger partial charge on any atom is -0.310 e. The number of nitrogens with zero attached hydrogens (tertiary/aromatic N) is 1. The second-order valence-electron chi connectivity index (χ2n) is 20.6. The standard InChI is InChI=1S/C69H58BN/c1-41-29-44(4)65(45(5)30-41)53-25-27-63-59(35-53)60-38-56(67-48(8)33-43(3)34-49(67)9)40-62-69(60)71(63)64-28-26-54(66-46(6)31-42(2)32-47(66)7)39-61(64)70(62)68-57(51-21-15-11-16-22-51)36-55(50-19-13-10-14-20-50)37-58(68)52-23-17-12-18-24-52/h10-40H,1-9H3. The fraction of sp³-hybridized carbons (Fsp3) is 0.130. The van der Waals surface area contributed by atoms with Gasteiger partial charge in [-0.3, -0.25) is 0 Å². The first-order valence-electron chi connectivity index (χ1n) is 25.3. The van der Waals surface area contributed by atoms with Crippen molar-refractivity contribution in [3.05, 3.63) is 238 Å². The third-order valence-electron chi connectivity index (χ3n) is 15.4. The minimum atomic E-state index is -0.155. The van der Waals surface area contributed by atoms with E-state index < -0.39 is 0 Å². The average molecular weight is 912 g/mol. The monoisotopic (exact) mass is 911 g/mol. The first-order chi connectivity index (χ1) is 34.4. The zero-order chi connectivity index (χ0) is 48.8. The molecule has 0 unspecified atom stereocenters. The summed E-state index contributed by atoms with van der Waals surface area (Å²) >= 11 is 0. The smallest absolute Gasteiger partial charge is 0.248 e. The second kappa shape index (κ2) is 17.2. The van der Waals surface area contributed by atoms with Crippen LogP contribution in [0.1, 0.15) is 50.1 Å². The molecular formula is C69H58BN. The molecule has 2 heterocycles. The van der Waals surface area contributed by atoms with Gasteiger partial charge in [0.05, 0.1) is 5.52 Å². The van der Waals surface area contributed by atoms with Gasteiger partial charge in [-0.25, -0.2) is 0 Å². The van der Waals surface area contributed by atoms with Crippen LogP contribution in [0.25, 0.3) is 94.3 Å². The summed E-state index contributed by atoms with van der Waals surface area (Å²) in [4.78, 5) is 0. The van der Waals surface area contributed by atoms with E-state index in [-0.39, 0.29) is 6.71 Å². The number of hydrogen-bond donors (Lipinski definition) is 0. The van der Waals surface area contributed by atoms with Crippen molar-refractivity contribution in [3.63, 3.8) is 0 Å². The molecule has 0 atom stereocenters. The van der Waals surface area contributed by atoms with Gasteiger partial charge in [-0.05, 0) is 210 Å². The molecule has 1 aliphatic heterocycles. The van der Waals surface area contributed by atoms with E-state index in [2.05, 4.69) is 255 Å². The summed E-state index contributed by atoms with van der Waals surface area (Å²) in [6.07, 6.45) is 0. The largest absolute Gasteiger partial charge is 0.310 e. The third-order valence-corrected chi connectivity index (χ3v) is 15.4. The van der Waals surface area contributed by atoms with Gasteiger partial charge in [-0.1, -0.05) is 174 Å². The average Bonchev–Trinajstić information content (AvgIpc) is 3.68. The van der Waals surface area contributed by atoms with Crippen LogP contribution >= 0.6 is 0 Å². The van der Waals surface area contributed by atoms with Gasteiger partial charge in [0.2, 0.25) is 6.71 Å². The maximum Gasteiger partial charge on any atom is 0.248 e. The van der Waals surface area contributed by atoms with E-state index >= 15 is 0 Å². The molecular weight excluding hydrogens is 854 g/mol. The van der Waals surface area contributed by atoms with Crippen LogP contribution in [0.15, 0.2) is 188 Å². The van der Waals surface area contributed by atoms with E-state index in [9.17, 15) is 0 Å². The Labute approximate surface area is 420 Å². The van der Waals surface area contributed by atoms with Crippen molar-refractivity contribution < 1.29 is 0 Å². The molecule has 12 rings (SSSR count). The summed E-state index contributed by atoms with van der Waals surface area (Å²) in [5.41, 5.74) is 34.4. The Morgan fingerprint density at radius 3 is 1.21 bits per heavy atom. The van der Waals surface area contributed by atoms with Gasteiger partial charge in [0.25, 0.3) is 0 Å². The fourth-order valence-electron chi connectivity index (χ4n) is 13.0. The van der Waals surface area contributed by atoms with Crippen LogP contribution in [0.2, 0.25) is 0 Å². The van der Waals surface area contributed by atoms with E-state index in [1.54, 1.807) is 0 Å². The van der Waals surface area contributed by atoms with Gasteiger partial charge in [0.15, 0.2) is 0 Å². The van der Waals surface area contributed by atoms with Gasteiger partial charge >= 0.3 is 0 Å². The third kappa shape index (κ3) is 7.39. The van der Waals surface area contributed by atoms with Crippen LogP contribution in [0.4, 0.5) is 0 Å². The molecule has 0 saturated heterocycles. The van der Waals surface area contributed by atoms with Gasteiger partial charge in [-0.2, -0.15) is 0 Å². The summed E-state index contributed by atoms with van der Waals surface area (Å²) in [6, 6.07) is 72.0. The van der Waals surface area contributed by atoms with Gasteiger partial charge in [0.1, 0.15) is 0 Å². The van der Waals surface area contributed by atoms with Crippen molar-refractivity contribution >= 4 is 44.9 Å². The Morgan fingerprint density at radius 1 is 0.310 bits per heavy atom. The number of rotatable bonds is 7. The predicted molar refractivity (Wildman–Crippen MR) is 307 cm³/mol. The van der Waals surface area contributed by atoms with Gasteiger partial charge in [-0.15, -0.1) is 0 Å². The van der Waals surface area contributed by atoms with Gasteiger partial charge in [0, 0.05) is 22.0 Å². The molecule has 0 amide bonds. The Morgan fingerprint density at radius 2 is 0.718 bits per heavy atom. The summed E-state index contributed by atoms with van der Waals surface area (Å²) in [5.74, 6) is 0. The number of hydrogen-bond acceptors (Lipinski definition) is 0. The molecule has 10 aromatic carbocycles. The molecule has 0 fully saturated rings. The van der Waals surface area contributed by atoms with Crippen molar-refractivity contribution in [1.82, 2.24) is 4.57 Å². The Bertz CT molecular complexity index is 3820. The molecule has 2 heteroatoms. The molecule has 0 N–H and O–H groups in total. The van der Waals surface area contributed by atoms with Crippen LogP contribution < -0.4 is 16.4 Å². The van der Waals surface area contributed by atoms with Crippen molar-refractivity contribution in [2.75, 3.05) is 0 Å². The number of aromatic nitrogens is 1. The lowest BCUT2D eigenvalue weighted by Crippen LogP contribution is -2.57. The topological polar surface area (TPSA) is 4.93 Å². The predicted octanol–water partition coefficient (Wildman–Crippen LogP) is 16.4. The molecule has 1 aromatic heterocycles. The first-order valence-corrected chi connectivity index (χ1v) is 25.3. The Kier molecular flexibility index (Phi) is 10.7. The molecule has 0 aliphatic carbocycles. The molecule has 11 aromatic rings. The highest BCUT2D eigenvalue weighted by molar-refractivity contribution is 6.99. The van der Waals surface area contributed by atoms with E-state index in [0.717, 1.165) is 0 Å². The van der Waals surface area contributed by atoms with Gasteiger partial charge < -0.3 is 4.57 Å². The van der Waals surface area contributed by atoms with Crippen LogP contribution in [-0.4, -0.2) is 11.3 Å². The lowest BCUT2D eigenvalue weighted by Gasteiger charge is -2.32. The molecule has 0 spiro atoms. The van der Waals surface area contributed by atoms with Crippen molar-refractivity contribution in [3.8, 4) is 72.4 Å². The molecule has 71 heavy (non-hydrogen) atoms. The molecule has 0 saturated carbocycles. The van der Waals surface area contributed by atoms with Crippen molar-refractivity contribution in [2.45, 2.75) is 62.3 Å². The molecule has 1 nitrogen and oxygen atoms in total. The zero-order valence-corrected chi connectivity index (χ0v) is 42.4. The molecule has 0 radical (unpaired) electrons. The van der Waals surface area contributed by atoms with Crippen molar-refractivity contribution in [2.24, 2.45) is 0 Å². The van der Waals surface area contributed by atoms with E-state index in [0.29, 0.717) is 0 Å². The van der Waals surface area contributed by atoms with Crippen LogP contribution in [0, 0.1) is 62.3 Å².